The van der Waals surface area contributed by atoms with E-state index >= 15 is 0 Å². The fraction of sp³-hybridized carbons (Fsp3) is 0.222. The first-order valence-electron chi connectivity index (χ1n) is 8.25. The number of ether oxygens (including phenoxy) is 2. The fourth-order valence-electron chi connectivity index (χ4n) is 2.86. The van der Waals surface area contributed by atoms with E-state index in [2.05, 4.69) is 10.2 Å². The molecule has 30 heavy (non-hydrogen) atoms. The van der Waals surface area contributed by atoms with Gasteiger partial charge in [-0.25, -0.2) is 27.0 Å². The first-order chi connectivity index (χ1) is 13.7. The van der Waals surface area contributed by atoms with Crippen LogP contribution in [0.2, 0.25) is 0 Å². The third kappa shape index (κ3) is 4.23. The van der Waals surface area contributed by atoms with E-state index in [-0.39, 0.29) is 51.5 Å². The standard InChI is InChI=1S/C18H17F2N3O5S.ClH/c1-21-29(25,26)8-9-4-5-10(16(20)15(9)19)17-11-6-13(27-2)14(28-3)7-12(11)18(24)23-22-17;/h4-7,21H,8H2,1-3H3,(H,23,24);1H. The van der Waals surface area contributed by atoms with Crippen LogP contribution in [0.25, 0.3) is 22.0 Å². The minimum atomic E-state index is -3.80. The molecule has 0 aliphatic heterocycles. The van der Waals surface area contributed by atoms with Gasteiger partial charge in [-0.1, -0.05) is 6.07 Å². The fourth-order valence-corrected chi connectivity index (χ4v) is 3.63. The Balaban J connectivity index is 0.00000320. The SMILES string of the molecule is CNS(=O)(=O)Cc1ccc(-c2n[nH]c(=O)c3cc(OC)c(OC)cc23)c(F)c1F.Cl. The van der Waals surface area contributed by atoms with E-state index in [1.165, 1.54) is 39.5 Å². The van der Waals surface area contributed by atoms with Gasteiger partial charge in [-0.2, -0.15) is 5.10 Å². The highest BCUT2D eigenvalue weighted by molar-refractivity contribution is 7.88. The number of hydrogen-bond acceptors (Lipinski definition) is 6. The molecule has 12 heteroatoms. The molecular weight excluding hydrogens is 444 g/mol. The topological polar surface area (TPSA) is 110 Å². The zero-order chi connectivity index (χ0) is 21.3. The number of hydrogen-bond donors (Lipinski definition) is 2. The van der Waals surface area contributed by atoms with Crippen LogP contribution in [-0.4, -0.2) is 39.9 Å². The molecule has 0 unspecified atom stereocenters. The van der Waals surface area contributed by atoms with E-state index in [0.717, 1.165) is 6.07 Å². The molecule has 0 saturated carbocycles. The van der Waals surface area contributed by atoms with Crippen molar-refractivity contribution in [2.75, 3.05) is 21.3 Å². The van der Waals surface area contributed by atoms with Gasteiger partial charge in [0.1, 0.15) is 5.69 Å². The minimum Gasteiger partial charge on any atom is -0.493 e. The lowest BCUT2D eigenvalue weighted by Crippen LogP contribution is -2.21. The van der Waals surface area contributed by atoms with Gasteiger partial charge >= 0.3 is 0 Å². The van der Waals surface area contributed by atoms with Gasteiger partial charge < -0.3 is 9.47 Å². The Morgan fingerprint density at radius 3 is 2.23 bits per heavy atom. The molecule has 1 heterocycles. The van der Waals surface area contributed by atoms with Crippen LogP contribution >= 0.6 is 12.4 Å². The summed E-state index contributed by atoms with van der Waals surface area (Å²) in [6.45, 7) is 0. The molecule has 0 radical (unpaired) electrons. The first-order valence-corrected chi connectivity index (χ1v) is 9.90. The second-order valence-corrected chi connectivity index (χ2v) is 7.94. The van der Waals surface area contributed by atoms with Crippen molar-refractivity contribution in [1.82, 2.24) is 14.9 Å². The van der Waals surface area contributed by atoms with Crippen LogP contribution in [-0.2, 0) is 15.8 Å². The molecular formula is C18H18ClF2N3O5S. The van der Waals surface area contributed by atoms with Crippen LogP contribution in [0.1, 0.15) is 5.56 Å². The van der Waals surface area contributed by atoms with Crippen molar-refractivity contribution >= 4 is 33.2 Å². The molecule has 0 fully saturated rings. The molecule has 3 rings (SSSR count). The highest BCUT2D eigenvalue weighted by atomic mass is 35.5. The predicted molar refractivity (Wildman–Crippen MR) is 110 cm³/mol. The monoisotopic (exact) mass is 461 g/mol. The van der Waals surface area contributed by atoms with Crippen LogP contribution in [0.4, 0.5) is 8.78 Å². The molecule has 2 N–H and O–H groups in total. The number of methoxy groups -OCH3 is 2. The molecule has 0 spiro atoms. The molecule has 1 aromatic heterocycles. The Morgan fingerprint density at radius 1 is 1.07 bits per heavy atom. The van der Waals surface area contributed by atoms with Gasteiger partial charge in [0, 0.05) is 16.5 Å². The third-order valence-electron chi connectivity index (χ3n) is 4.37. The molecule has 0 saturated heterocycles. The number of fused-ring (bicyclic) bond motifs is 1. The molecule has 3 aromatic rings. The number of benzene rings is 2. The number of aromatic nitrogens is 2. The van der Waals surface area contributed by atoms with Crippen molar-refractivity contribution < 1.29 is 26.7 Å². The summed E-state index contributed by atoms with van der Waals surface area (Å²) in [5.41, 5.74) is -1.18. The van der Waals surface area contributed by atoms with E-state index in [1.807, 2.05) is 4.72 Å². The zero-order valence-electron chi connectivity index (χ0n) is 16.1. The predicted octanol–water partition coefficient (Wildman–Crippen LogP) is 2.36. The maximum atomic E-state index is 14.8. The molecule has 0 bridgehead atoms. The summed E-state index contributed by atoms with van der Waals surface area (Å²) in [4.78, 5) is 12.2. The molecule has 0 aliphatic carbocycles. The van der Waals surface area contributed by atoms with Gasteiger partial charge in [-0.3, -0.25) is 4.79 Å². The largest absolute Gasteiger partial charge is 0.493 e. The molecule has 162 valence electrons. The normalized spacial score (nSPS) is 11.2. The highest BCUT2D eigenvalue weighted by Crippen LogP contribution is 2.36. The van der Waals surface area contributed by atoms with Gasteiger partial charge in [0.05, 0.1) is 25.4 Å². The Labute approximate surface area is 176 Å². The number of sulfonamides is 1. The Bertz CT molecular complexity index is 1260. The number of rotatable bonds is 6. The molecule has 0 atom stereocenters. The van der Waals surface area contributed by atoms with Crippen molar-refractivity contribution in [1.29, 1.82) is 0 Å². The molecule has 8 nitrogen and oxygen atoms in total. The number of halogens is 3. The minimum absolute atomic E-state index is 0. The maximum Gasteiger partial charge on any atom is 0.272 e. The lowest BCUT2D eigenvalue weighted by Gasteiger charge is -2.12. The summed E-state index contributed by atoms with van der Waals surface area (Å²) >= 11 is 0. The van der Waals surface area contributed by atoms with E-state index in [4.69, 9.17) is 9.47 Å². The summed E-state index contributed by atoms with van der Waals surface area (Å²) in [6.07, 6.45) is 0. The summed E-state index contributed by atoms with van der Waals surface area (Å²) < 4.78 is 65.1. The van der Waals surface area contributed by atoms with Crippen LogP contribution in [0.3, 0.4) is 0 Å². The summed E-state index contributed by atoms with van der Waals surface area (Å²) in [5, 5.41) is 6.44. The van der Waals surface area contributed by atoms with Gasteiger partial charge in [-0.15, -0.1) is 12.4 Å². The Morgan fingerprint density at radius 2 is 1.67 bits per heavy atom. The number of aromatic amines is 1. The van der Waals surface area contributed by atoms with Crippen molar-refractivity contribution in [3.8, 4) is 22.8 Å². The second kappa shape index (κ2) is 8.94. The second-order valence-electron chi connectivity index (χ2n) is 6.02. The van der Waals surface area contributed by atoms with Gasteiger partial charge in [-0.05, 0) is 25.2 Å². The summed E-state index contributed by atoms with van der Waals surface area (Å²) in [7, 11) is 0.166. The molecule has 0 amide bonds. The highest BCUT2D eigenvalue weighted by Gasteiger charge is 2.22. The number of nitrogens with zero attached hydrogens (tertiary/aromatic N) is 1. The van der Waals surface area contributed by atoms with Gasteiger partial charge in [0.25, 0.3) is 5.56 Å². The lowest BCUT2D eigenvalue weighted by atomic mass is 10.0. The molecule has 0 aliphatic rings. The number of H-pyrrole nitrogens is 1. The average Bonchev–Trinajstić information content (AvgIpc) is 2.71. The van der Waals surface area contributed by atoms with Crippen LogP contribution in [0.5, 0.6) is 11.5 Å². The zero-order valence-corrected chi connectivity index (χ0v) is 17.7. The van der Waals surface area contributed by atoms with E-state index in [1.54, 1.807) is 0 Å². The average molecular weight is 462 g/mol. The molecule has 2 aromatic carbocycles. The van der Waals surface area contributed by atoms with Crippen LogP contribution in [0, 0.1) is 11.6 Å². The lowest BCUT2D eigenvalue weighted by molar-refractivity contribution is 0.356. The van der Waals surface area contributed by atoms with Crippen LogP contribution < -0.4 is 19.8 Å². The third-order valence-corrected chi connectivity index (χ3v) is 5.68. The maximum absolute atomic E-state index is 14.8. The van der Waals surface area contributed by atoms with E-state index in [9.17, 15) is 22.0 Å². The van der Waals surface area contributed by atoms with Crippen molar-refractivity contribution in [3.05, 3.63) is 51.8 Å². The van der Waals surface area contributed by atoms with Crippen molar-refractivity contribution in [2.24, 2.45) is 0 Å². The summed E-state index contributed by atoms with van der Waals surface area (Å²) in [6, 6.07) is 5.19. The first kappa shape index (κ1) is 23.5. The summed E-state index contributed by atoms with van der Waals surface area (Å²) in [5.74, 6) is -2.78. The quantitative estimate of drug-likeness (QED) is 0.583. The smallest absolute Gasteiger partial charge is 0.272 e. The van der Waals surface area contributed by atoms with Crippen LogP contribution in [0.15, 0.2) is 29.1 Å². The van der Waals surface area contributed by atoms with Crippen molar-refractivity contribution in [3.63, 3.8) is 0 Å². The number of nitrogens with one attached hydrogen (secondary N) is 2. The van der Waals surface area contributed by atoms with Gasteiger partial charge in [0.15, 0.2) is 23.1 Å². The Kier molecular flexibility index (Phi) is 7.01. The van der Waals surface area contributed by atoms with E-state index < -0.39 is 33.0 Å². The van der Waals surface area contributed by atoms with Crippen molar-refractivity contribution in [2.45, 2.75) is 5.75 Å². The van der Waals surface area contributed by atoms with Gasteiger partial charge in [0.2, 0.25) is 10.0 Å². The Hall–Kier alpha value is -2.76. The van der Waals surface area contributed by atoms with E-state index in [0.29, 0.717) is 0 Å².